The van der Waals surface area contributed by atoms with E-state index in [1.54, 1.807) is 13.2 Å². The van der Waals surface area contributed by atoms with Crippen molar-refractivity contribution in [1.29, 1.82) is 0 Å². The van der Waals surface area contributed by atoms with Gasteiger partial charge in [0.25, 0.3) is 5.91 Å². The highest BCUT2D eigenvalue weighted by Crippen LogP contribution is 2.15. The second-order valence-electron chi connectivity index (χ2n) is 5.35. The van der Waals surface area contributed by atoms with Gasteiger partial charge in [-0.2, -0.15) is 0 Å². The van der Waals surface area contributed by atoms with Crippen LogP contribution in [0.1, 0.15) is 21.7 Å². The lowest BCUT2D eigenvalue weighted by molar-refractivity contribution is 0.101. The number of benzene rings is 1. The first kappa shape index (κ1) is 17.4. The van der Waals surface area contributed by atoms with E-state index in [0.717, 1.165) is 11.3 Å². The first-order valence-electron chi connectivity index (χ1n) is 7.38. The molecule has 1 atom stereocenters. The van der Waals surface area contributed by atoms with Crippen molar-refractivity contribution >= 4 is 22.4 Å². The van der Waals surface area contributed by atoms with Crippen LogP contribution < -0.4 is 5.32 Å². The minimum absolute atomic E-state index is 0.154. The smallest absolute Gasteiger partial charge is 0.272 e. The molecule has 0 bridgehead atoms. The van der Waals surface area contributed by atoms with Crippen LogP contribution in [0.5, 0.6) is 0 Å². The van der Waals surface area contributed by atoms with Gasteiger partial charge >= 0.3 is 0 Å². The Morgan fingerprint density at radius 3 is 2.74 bits per heavy atom. The molecule has 2 aromatic rings. The maximum atomic E-state index is 12.3. The van der Waals surface area contributed by atoms with Gasteiger partial charge in [0, 0.05) is 47.8 Å². The summed E-state index contributed by atoms with van der Waals surface area (Å²) in [5.41, 5.74) is 3.27. The number of methoxy groups -OCH3 is 1. The zero-order valence-electron chi connectivity index (χ0n) is 13.7. The molecule has 0 saturated carbocycles. The molecular weight excluding hydrogens is 312 g/mol. The SMILES string of the molecule is COCC[S@@](=O)Cc1cccc(NC(=O)c2ccc(C)n2C)c1. The van der Waals surface area contributed by atoms with Crippen LogP contribution in [0.15, 0.2) is 36.4 Å². The first-order valence-corrected chi connectivity index (χ1v) is 8.86. The molecule has 1 amide bonds. The zero-order chi connectivity index (χ0) is 16.8. The lowest BCUT2D eigenvalue weighted by Crippen LogP contribution is -2.16. The molecule has 0 radical (unpaired) electrons. The van der Waals surface area contributed by atoms with Gasteiger partial charge in [-0.1, -0.05) is 12.1 Å². The van der Waals surface area contributed by atoms with E-state index < -0.39 is 10.8 Å². The van der Waals surface area contributed by atoms with Gasteiger partial charge in [-0.15, -0.1) is 0 Å². The summed E-state index contributed by atoms with van der Waals surface area (Å²) < 4.78 is 18.7. The Kier molecular flexibility index (Phi) is 6.12. The molecule has 23 heavy (non-hydrogen) atoms. The Balaban J connectivity index is 2.03. The van der Waals surface area contributed by atoms with E-state index in [0.29, 0.717) is 29.5 Å². The molecule has 0 aliphatic rings. The monoisotopic (exact) mass is 334 g/mol. The van der Waals surface area contributed by atoms with Crippen LogP contribution in [-0.4, -0.2) is 34.2 Å². The molecule has 124 valence electrons. The van der Waals surface area contributed by atoms with E-state index in [1.165, 1.54) is 0 Å². The standard InChI is InChI=1S/C17H22N2O3S/c1-13-7-8-16(19(13)2)17(20)18-15-6-4-5-14(11-15)12-23(21)10-9-22-3/h4-8,11H,9-10,12H2,1-3H3,(H,18,20)/t23-/m1/s1. The van der Waals surface area contributed by atoms with Gasteiger partial charge < -0.3 is 14.6 Å². The predicted molar refractivity (Wildman–Crippen MR) is 93.1 cm³/mol. The van der Waals surface area contributed by atoms with Crippen molar-refractivity contribution in [3.63, 3.8) is 0 Å². The summed E-state index contributed by atoms with van der Waals surface area (Å²) in [5, 5.41) is 2.89. The van der Waals surface area contributed by atoms with Crippen molar-refractivity contribution in [2.75, 3.05) is 24.8 Å². The van der Waals surface area contributed by atoms with Crippen LogP contribution in [0.2, 0.25) is 0 Å². The van der Waals surface area contributed by atoms with Crippen LogP contribution in [0.25, 0.3) is 0 Å². The van der Waals surface area contributed by atoms with Crippen LogP contribution in [-0.2, 0) is 28.3 Å². The van der Waals surface area contributed by atoms with Crippen LogP contribution >= 0.6 is 0 Å². The van der Waals surface area contributed by atoms with Gasteiger partial charge in [0.15, 0.2) is 0 Å². The number of carbonyl (C=O) groups excluding carboxylic acids is 1. The van der Waals surface area contributed by atoms with Crippen LogP contribution in [0.4, 0.5) is 5.69 Å². The summed E-state index contributed by atoms with van der Waals surface area (Å²) in [7, 11) is 2.49. The maximum absolute atomic E-state index is 12.3. The maximum Gasteiger partial charge on any atom is 0.272 e. The molecule has 1 aromatic heterocycles. The fourth-order valence-electron chi connectivity index (χ4n) is 2.21. The number of aryl methyl sites for hydroxylation is 1. The van der Waals surface area contributed by atoms with Crippen LogP contribution in [0.3, 0.4) is 0 Å². The summed E-state index contributed by atoms with van der Waals surface area (Å²) in [5.74, 6) is 0.810. The average molecular weight is 334 g/mol. The van der Waals surface area contributed by atoms with Crippen molar-refractivity contribution in [3.05, 3.63) is 53.3 Å². The Hall–Kier alpha value is -1.92. The first-order chi connectivity index (χ1) is 11.0. The Morgan fingerprint density at radius 1 is 1.30 bits per heavy atom. The van der Waals surface area contributed by atoms with Gasteiger partial charge in [-0.3, -0.25) is 9.00 Å². The predicted octanol–water partition coefficient (Wildman–Crippen LogP) is 2.48. The summed E-state index contributed by atoms with van der Waals surface area (Å²) in [6.45, 7) is 2.43. The highest BCUT2D eigenvalue weighted by atomic mass is 32.2. The van der Waals surface area contributed by atoms with Gasteiger partial charge in [0.2, 0.25) is 0 Å². The number of nitrogens with one attached hydrogen (secondary N) is 1. The largest absolute Gasteiger partial charge is 0.384 e. The number of nitrogens with zero attached hydrogens (tertiary/aromatic N) is 1. The number of carbonyl (C=O) groups is 1. The van der Waals surface area contributed by atoms with Crippen molar-refractivity contribution in [2.45, 2.75) is 12.7 Å². The molecule has 1 heterocycles. The van der Waals surface area contributed by atoms with E-state index >= 15 is 0 Å². The molecule has 0 fully saturated rings. The third kappa shape index (κ3) is 4.77. The molecule has 0 unspecified atom stereocenters. The van der Waals surface area contributed by atoms with Crippen molar-refractivity contribution in [1.82, 2.24) is 4.57 Å². The number of anilines is 1. The number of hydrogen-bond donors (Lipinski definition) is 1. The number of ether oxygens (including phenoxy) is 1. The molecule has 0 aliphatic heterocycles. The van der Waals surface area contributed by atoms with Crippen LogP contribution in [0, 0.1) is 6.92 Å². The zero-order valence-corrected chi connectivity index (χ0v) is 14.5. The molecule has 5 nitrogen and oxygen atoms in total. The highest BCUT2D eigenvalue weighted by Gasteiger charge is 2.11. The summed E-state index contributed by atoms with van der Waals surface area (Å²) in [6, 6.07) is 11.2. The van der Waals surface area contributed by atoms with E-state index in [9.17, 15) is 9.00 Å². The Morgan fingerprint density at radius 2 is 2.09 bits per heavy atom. The number of hydrogen-bond acceptors (Lipinski definition) is 3. The highest BCUT2D eigenvalue weighted by molar-refractivity contribution is 7.84. The van der Waals surface area contributed by atoms with E-state index in [4.69, 9.17) is 4.74 Å². The van der Waals surface area contributed by atoms with Gasteiger partial charge in [-0.25, -0.2) is 0 Å². The summed E-state index contributed by atoms with van der Waals surface area (Å²) >= 11 is 0. The Bertz CT molecular complexity index is 710. The number of amides is 1. The van der Waals surface area contributed by atoms with E-state index in [-0.39, 0.29) is 5.91 Å². The second kappa shape index (κ2) is 8.08. The summed E-state index contributed by atoms with van der Waals surface area (Å²) in [6.07, 6.45) is 0. The fourth-order valence-corrected chi connectivity index (χ4v) is 3.26. The van der Waals surface area contributed by atoms with Gasteiger partial charge in [0.05, 0.1) is 6.61 Å². The van der Waals surface area contributed by atoms with Crippen molar-refractivity contribution in [3.8, 4) is 0 Å². The Labute approximate surface area is 139 Å². The molecule has 1 aromatic carbocycles. The molecule has 0 saturated heterocycles. The molecule has 0 spiro atoms. The lowest BCUT2D eigenvalue weighted by atomic mass is 10.2. The topological polar surface area (TPSA) is 60.3 Å². The van der Waals surface area contributed by atoms with Crippen molar-refractivity contribution in [2.24, 2.45) is 7.05 Å². The molecule has 6 heteroatoms. The minimum atomic E-state index is -0.970. The second-order valence-corrected chi connectivity index (χ2v) is 6.93. The van der Waals surface area contributed by atoms with Gasteiger partial charge in [-0.05, 0) is 36.8 Å². The normalized spacial score (nSPS) is 12.1. The lowest BCUT2D eigenvalue weighted by Gasteiger charge is -2.09. The van der Waals surface area contributed by atoms with Crippen molar-refractivity contribution < 1.29 is 13.7 Å². The number of rotatable bonds is 7. The average Bonchev–Trinajstić information content (AvgIpc) is 2.85. The van der Waals surface area contributed by atoms with E-state index in [2.05, 4.69) is 5.32 Å². The van der Waals surface area contributed by atoms with E-state index in [1.807, 2.05) is 48.9 Å². The molecule has 0 aliphatic carbocycles. The minimum Gasteiger partial charge on any atom is -0.384 e. The fraction of sp³-hybridized carbons (Fsp3) is 0.353. The third-order valence-electron chi connectivity index (χ3n) is 3.63. The molecule has 2 rings (SSSR count). The quantitative estimate of drug-likeness (QED) is 0.846. The van der Waals surface area contributed by atoms with Gasteiger partial charge in [0.1, 0.15) is 5.69 Å². The molecule has 1 N–H and O–H groups in total. The summed E-state index contributed by atoms with van der Waals surface area (Å²) in [4.78, 5) is 12.3. The number of aromatic nitrogens is 1. The third-order valence-corrected chi connectivity index (χ3v) is 4.91. The molecular formula is C17H22N2O3S.